The van der Waals surface area contributed by atoms with Gasteiger partial charge in [0.05, 0.1) is 22.6 Å². The molecule has 1 unspecified atom stereocenters. The van der Waals surface area contributed by atoms with Crippen LogP contribution in [-0.2, 0) is 0 Å². The maximum Gasteiger partial charge on any atom is 0.266 e. The second-order valence-electron chi connectivity index (χ2n) is 7.38. The lowest BCUT2D eigenvalue weighted by Gasteiger charge is -2.29. The van der Waals surface area contributed by atoms with Crippen molar-refractivity contribution in [1.82, 2.24) is 14.5 Å². The van der Waals surface area contributed by atoms with E-state index in [-0.39, 0.29) is 11.5 Å². The highest BCUT2D eigenvalue weighted by Crippen LogP contribution is 2.25. The van der Waals surface area contributed by atoms with Gasteiger partial charge in [0.2, 0.25) is 0 Å². The normalized spacial score (nSPS) is 12.0. The van der Waals surface area contributed by atoms with Gasteiger partial charge in [-0.2, -0.15) is 0 Å². The maximum absolute atomic E-state index is 13.6. The van der Waals surface area contributed by atoms with Crippen LogP contribution in [0.4, 0.5) is 4.39 Å². The highest BCUT2D eigenvalue weighted by molar-refractivity contribution is 9.10. The molecule has 4 aromatic rings. The first-order valence-corrected chi connectivity index (χ1v) is 11.0. The molecule has 4 rings (SSSR count). The Morgan fingerprint density at radius 1 is 1.09 bits per heavy atom. The van der Waals surface area contributed by atoms with Crippen LogP contribution in [0.2, 0.25) is 0 Å². The predicted octanol–water partition coefficient (Wildman–Crippen LogP) is 5.51. The summed E-state index contributed by atoms with van der Waals surface area (Å²) in [6.45, 7) is 4.14. The van der Waals surface area contributed by atoms with Crippen molar-refractivity contribution in [2.24, 2.45) is 0 Å². The van der Waals surface area contributed by atoms with E-state index in [1.54, 1.807) is 41.3 Å². The molecule has 0 bridgehead atoms. The van der Waals surface area contributed by atoms with E-state index in [0.29, 0.717) is 34.5 Å². The Morgan fingerprint density at radius 3 is 2.50 bits per heavy atom. The molecule has 1 atom stereocenters. The van der Waals surface area contributed by atoms with Crippen molar-refractivity contribution in [2.45, 2.75) is 19.9 Å². The summed E-state index contributed by atoms with van der Waals surface area (Å²) in [6.07, 6.45) is 0. The first-order chi connectivity index (χ1) is 15.4. The van der Waals surface area contributed by atoms with Crippen LogP contribution in [0.3, 0.4) is 0 Å². The minimum Gasteiger partial charge on any atom is -0.329 e. The molecule has 0 aliphatic rings. The van der Waals surface area contributed by atoms with Gasteiger partial charge in [-0.15, -0.1) is 0 Å². The number of aromatic nitrogens is 2. The van der Waals surface area contributed by atoms with Crippen LogP contribution in [0.5, 0.6) is 0 Å². The summed E-state index contributed by atoms with van der Waals surface area (Å²) >= 11 is 3.41. The Balaban J connectivity index is 1.90. The molecule has 5 nitrogen and oxygen atoms in total. The fourth-order valence-electron chi connectivity index (χ4n) is 3.79. The van der Waals surface area contributed by atoms with E-state index in [0.717, 1.165) is 4.47 Å². The molecule has 1 aromatic heterocycles. The minimum absolute atomic E-state index is 0.172. The summed E-state index contributed by atoms with van der Waals surface area (Å²) < 4.78 is 15.8. The zero-order valence-corrected chi connectivity index (χ0v) is 19.2. The molecule has 0 radical (unpaired) electrons. The van der Waals surface area contributed by atoms with Crippen molar-refractivity contribution in [3.63, 3.8) is 0 Å². The fraction of sp³-hybridized carbons (Fsp3) is 0.160. The van der Waals surface area contributed by atoms with E-state index >= 15 is 0 Å². The first-order valence-electron chi connectivity index (χ1n) is 10.2. The zero-order valence-electron chi connectivity index (χ0n) is 17.6. The topological polar surface area (TPSA) is 55.2 Å². The van der Waals surface area contributed by atoms with Crippen molar-refractivity contribution >= 4 is 32.7 Å². The van der Waals surface area contributed by atoms with Gasteiger partial charge in [0, 0.05) is 16.6 Å². The largest absolute Gasteiger partial charge is 0.329 e. The molecule has 0 aliphatic heterocycles. The van der Waals surface area contributed by atoms with Gasteiger partial charge >= 0.3 is 0 Å². The van der Waals surface area contributed by atoms with Crippen molar-refractivity contribution in [1.29, 1.82) is 0 Å². The summed E-state index contributed by atoms with van der Waals surface area (Å²) in [7, 11) is 0. The number of hydrogen-bond donors (Lipinski definition) is 0. The molecular weight excluding hydrogens is 473 g/mol. The van der Waals surface area contributed by atoms with Crippen molar-refractivity contribution in [3.8, 4) is 5.69 Å². The number of hydrogen-bond acceptors (Lipinski definition) is 3. The molecule has 7 heteroatoms. The van der Waals surface area contributed by atoms with E-state index in [1.165, 1.54) is 28.8 Å². The third-order valence-corrected chi connectivity index (χ3v) is 5.89. The van der Waals surface area contributed by atoms with Gasteiger partial charge in [-0.1, -0.05) is 34.1 Å². The van der Waals surface area contributed by atoms with Gasteiger partial charge in [0.15, 0.2) is 0 Å². The monoisotopic (exact) mass is 493 g/mol. The van der Waals surface area contributed by atoms with Crippen LogP contribution < -0.4 is 5.56 Å². The quantitative estimate of drug-likeness (QED) is 0.368. The number of rotatable bonds is 5. The molecule has 0 saturated heterocycles. The van der Waals surface area contributed by atoms with E-state index in [4.69, 9.17) is 4.98 Å². The number of halogens is 2. The molecular formula is C25H21BrFN3O2. The van der Waals surface area contributed by atoms with Crippen molar-refractivity contribution in [3.05, 3.63) is 105 Å². The average Bonchev–Trinajstić information content (AvgIpc) is 2.80. The second-order valence-corrected chi connectivity index (χ2v) is 8.30. The number of amides is 1. The Bertz CT molecular complexity index is 1350. The lowest BCUT2D eigenvalue weighted by molar-refractivity contribution is 0.0693. The van der Waals surface area contributed by atoms with Crippen LogP contribution in [0.1, 0.15) is 36.1 Å². The number of carbonyl (C=O) groups excluding carboxylic acids is 1. The van der Waals surface area contributed by atoms with Crippen LogP contribution in [0, 0.1) is 5.82 Å². The number of nitrogens with zero attached hydrogens (tertiary/aromatic N) is 3. The summed E-state index contributed by atoms with van der Waals surface area (Å²) in [6, 6.07) is 19.4. The summed E-state index contributed by atoms with van der Waals surface area (Å²) in [5.41, 5.74) is 1.30. The summed E-state index contributed by atoms with van der Waals surface area (Å²) in [5, 5.41) is 0.453. The number of benzene rings is 3. The second kappa shape index (κ2) is 9.04. The number of carbonyl (C=O) groups is 1. The Morgan fingerprint density at radius 2 is 1.81 bits per heavy atom. The summed E-state index contributed by atoms with van der Waals surface area (Å²) in [5.74, 6) is -0.162. The predicted molar refractivity (Wildman–Crippen MR) is 127 cm³/mol. The molecule has 0 fully saturated rings. The SMILES string of the molecule is CCN(C(=O)c1cccc(Br)c1)C(C)c1nc2ccccc2c(=O)n1-c1ccc(F)cc1. The van der Waals surface area contributed by atoms with E-state index < -0.39 is 11.9 Å². The van der Waals surface area contributed by atoms with Gasteiger partial charge in [0.25, 0.3) is 11.5 Å². The number of para-hydroxylation sites is 1. The minimum atomic E-state index is -0.520. The van der Waals surface area contributed by atoms with Gasteiger partial charge in [-0.05, 0) is 68.4 Å². The third-order valence-electron chi connectivity index (χ3n) is 5.40. The Hall–Kier alpha value is -3.32. The van der Waals surface area contributed by atoms with Gasteiger partial charge in [0.1, 0.15) is 11.6 Å². The van der Waals surface area contributed by atoms with Crippen LogP contribution in [-0.4, -0.2) is 26.9 Å². The average molecular weight is 494 g/mol. The van der Waals surface area contributed by atoms with Crippen LogP contribution in [0.25, 0.3) is 16.6 Å². The van der Waals surface area contributed by atoms with Gasteiger partial charge in [-0.3, -0.25) is 14.2 Å². The molecule has 1 amide bonds. The number of fused-ring (bicyclic) bond motifs is 1. The highest BCUT2D eigenvalue weighted by atomic mass is 79.9. The molecule has 162 valence electrons. The maximum atomic E-state index is 13.6. The Labute approximate surface area is 193 Å². The standard InChI is InChI=1S/C25H21BrFN3O2/c1-3-29(24(31)17-7-6-8-18(26)15-17)16(2)23-28-22-10-5-4-9-21(22)25(32)30(23)20-13-11-19(27)12-14-20/h4-16H,3H2,1-2H3. The van der Waals surface area contributed by atoms with Crippen molar-refractivity contribution < 1.29 is 9.18 Å². The van der Waals surface area contributed by atoms with E-state index in [1.807, 2.05) is 26.0 Å². The highest BCUT2D eigenvalue weighted by Gasteiger charge is 2.26. The molecule has 0 saturated carbocycles. The molecule has 1 heterocycles. The Kier molecular flexibility index (Phi) is 6.19. The molecule has 32 heavy (non-hydrogen) atoms. The zero-order chi connectivity index (χ0) is 22.8. The first kappa shape index (κ1) is 21.9. The lowest BCUT2D eigenvalue weighted by Crippen LogP contribution is -2.37. The molecule has 0 spiro atoms. The summed E-state index contributed by atoms with van der Waals surface area (Å²) in [4.78, 5) is 33.2. The van der Waals surface area contributed by atoms with Gasteiger partial charge < -0.3 is 4.90 Å². The van der Waals surface area contributed by atoms with Crippen molar-refractivity contribution in [2.75, 3.05) is 6.54 Å². The molecule has 3 aromatic carbocycles. The fourth-order valence-corrected chi connectivity index (χ4v) is 4.19. The molecule has 0 aliphatic carbocycles. The van der Waals surface area contributed by atoms with Gasteiger partial charge in [-0.25, -0.2) is 9.37 Å². The third kappa shape index (κ3) is 4.08. The van der Waals surface area contributed by atoms with E-state index in [9.17, 15) is 14.0 Å². The molecule has 0 N–H and O–H groups in total. The smallest absolute Gasteiger partial charge is 0.266 e. The van der Waals surface area contributed by atoms with Crippen LogP contribution >= 0.6 is 15.9 Å². The van der Waals surface area contributed by atoms with Crippen LogP contribution in [0.15, 0.2) is 82.1 Å². The van der Waals surface area contributed by atoms with E-state index in [2.05, 4.69) is 15.9 Å². The lowest BCUT2D eigenvalue weighted by atomic mass is 10.1.